The topological polar surface area (TPSA) is 87.7 Å². The highest BCUT2D eigenvalue weighted by atomic mass is 16.5. The zero-order chi connectivity index (χ0) is 19.7. The molecule has 1 aromatic heterocycles. The van der Waals surface area contributed by atoms with Gasteiger partial charge in [0, 0.05) is 24.6 Å². The van der Waals surface area contributed by atoms with Gasteiger partial charge in [-0.15, -0.1) is 0 Å². The molecule has 0 amide bonds. The molecule has 3 N–H and O–H groups in total. The zero-order valence-electron chi connectivity index (χ0n) is 16.0. The van der Waals surface area contributed by atoms with Crippen molar-refractivity contribution in [2.24, 2.45) is 5.92 Å². The van der Waals surface area contributed by atoms with Crippen molar-refractivity contribution in [1.29, 1.82) is 0 Å². The van der Waals surface area contributed by atoms with Gasteiger partial charge in [0.15, 0.2) is 0 Å². The van der Waals surface area contributed by atoms with Gasteiger partial charge in [-0.25, -0.2) is 4.98 Å². The third kappa shape index (κ3) is 3.92. The van der Waals surface area contributed by atoms with E-state index in [1.165, 1.54) is 12.8 Å². The van der Waals surface area contributed by atoms with Crippen molar-refractivity contribution in [3.8, 4) is 17.2 Å². The Morgan fingerprint density at radius 3 is 2.64 bits per heavy atom. The van der Waals surface area contributed by atoms with E-state index in [4.69, 9.17) is 9.72 Å². The van der Waals surface area contributed by atoms with Crippen molar-refractivity contribution in [1.82, 2.24) is 9.55 Å². The molecule has 0 spiro atoms. The minimum Gasteiger partial charge on any atom is -0.508 e. The van der Waals surface area contributed by atoms with Crippen LogP contribution in [0.3, 0.4) is 0 Å². The average molecular weight is 382 g/mol. The first-order valence-corrected chi connectivity index (χ1v) is 9.78. The lowest BCUT2D eigenvalue weighted by molar-refractivity contribution is 0.160. The average Bonchev–Trinajstić information content (AvgIpc) is 3.44. The molecule has 1 unspecified atom stereocenters. The van der Waals surface area contributed by atoms with Crippen molar-refractivity contribution in [2.45, 2.75) is 44.8 Å². The maximum atomic E-state index is 10.6. The second-order valence-corrected chi connectivity index (χ2v) is 7.59. The monoisotopic (exact) mass is 382 g/mol. The maximum Gasteiger partial charge on any atom is 0.124 e. The molecule has 1 aliphatic carbocycles. The molecule has 1 heterocycles. The SMILES string of the molecule is COc1ccc(O)cc1C(O)CCCc1nc2ccc(O)cc2n1CC1CC1. The Bertz CT molecular complexity index is 978. The number of nitrogens with zero attached hydrogens (tertiary/aromatic N) is 2. The minimum absolute atomic E-state index is 0.112. The summed E-state index contributed by atoms with van der Waals surface area (Å²) in [6.45, 7) is 0.929. The Hall–Kier alpha value is -2.73. The number of aliphatic hydroxyl groups excluding tert-OH is 1. The fourth-order valence-electron chi connectivity index (χ4n) is 3.71. The molecular formula is C22H26N2O4. The highest BCUT2D eigenvalue weighted by molar-refractivity contribution is 5.77. The maximum absolute atomic E-state index is 10.6. The second-order valence-electron chi connectivity index (χ2n) is 7.59. The van der Waals surface area contributed by atoms with E-state index in [1.54, 1.807) is 37.4 Å². The lowest BCUT2D eigenvalue weighted by atomic mass is 10.0. The third-order valence-electron chi connectivity index (χ3n) is 5.40. The normalized spacial score (nSPS) is 15.1. The molecule has 0 radical (unpaired) electrons. The van der Waals surface area contributed by atoms with Crippen molar-refractivity contribution < 1.29 is 20.1 Å². The van der Waals surface area contributed by atoms with Gasteiger partial charge in [-0.1, -0.05) is 0 Å². The predicted molar refractivity (Wildman–Crippen MR) is 107 cm³/mol. The molecule has 0 bridgehead atoms. The number of methoxy groups -OCH3 is 1. The Kier molecular flexibility index (Phi) is 5.13. The summed E-state index contributed by atoms with van der Waals surface area (Å²) >= 11 is 0. The minimum atomic E-state index is -0.715. The molecule has 6 nitrogen and oxygen atoms in total. The second kappa shape index (κ2) is 7.72. The fraction of sp³-hybridized carbons (Fsp3) is 0.409. The summed E-state index contributed by atoms with van der Waals surface area (Å²) in [4.78, 5) is 4.76. The van der Waals surface area contributed by atoms with E-state index in [-0.39, 0.29) is 11.5 Å². The molecule has 6 heteroatoms. The summed E-state index contributed by atoms with van der Waals surface area (Å²) in [5, 5.41) is 30.2. The molecular weight excluding hydrogens is 356 g/mol. The summed E-state index contributed by atoms with van der Waals surface area (Å²) in [6, 6.07) is 10.1. The summed E-state index contributed by atoms with van der Waals surface area (Å²) in [6.07, 6.45) is 3.80. The number of fused-ring (bicyclic) bond motifs is 1. The molecule has 2 aromatic carbocycles. The summed E-state index contributed by atoms with van der Waals surface area (Å²) in [5.41, 5.74) is 2.46. The van der Waals surface area contributed by atoms with E-state index >= 15 is 0 Å². The van der Waals surface area contributed by atoms with Crippen LogP contribution in [0.5, 0.6) is 17.2 Å². The number of ether oxygens (including phenoxy) is 1. The van der Waals surface area contributed by atoms with Crippen molar-refractivity contribution in [3.63, 3.8) is 0 Å². The number of aromatic hydroxyl groups is 2. The summed E-state index contributed by atoms with van der Waals surface area (Å²) in [7, 11) is 1.55. The number of rotatable bonds is 8. The van der Waals surface area contributed by atoms with Crippen LogP contribution in [0.4, 0.5) is 0 Å². The molecule has 0 aliphatic heterocycles. The molecule has 3 aromatic rings. The number of hydrogen-bond acceptors (Lipinski definition) is 5. The number of imidazole rings is 1. The van der Waals surface area contributed by atoms with E-state index in [2.05, 4.69) is 4.57 Å². The van der Waals surface area contributed by atoms with Crippen molar-refractivity contribution in [3.05, 3.63) is 47.8 Å². The molecule has 0 saturated heterocycles. The van der Waals surface area contributed by atoms with E-state index in [1.807, 2.05) is 6.07 Å². The predicted octanol–water partition coefficient (Wildman–Crippen LogP) is 3.92. The molecule has 1 atom stereocenters. The summed E-state index contributed by atoms with van der Waals surface area (Å²) < 4.78 is 7.51. The highest BCUT2D eigenvalue weighted by Gasteiger charge is 2.24. The number of phenols is 2. The fourth-order valence-corrected chi connectivity index (χ4v) is 3.71. The van der Waals surface area contributed by atoms with Crippen LogP contribution in [0.25, 0.3) is 11.0 Å². The van der Waals surface area contributed by atoms with Gasteiger partial charge >= 0.3 is 0 Å². The molecule has 1 aliphatic rings. The largest absolute Gasteiger partial charge is 0.508 e. The van der Waals surface area contributed by atoms with Gasteiger partial charge in [0.1, 0.15) is 23.1 Å². The van der Waals surface area contributed by atoms with Crippen molar-refractivity contribution >= 4 is 11.0 Å². The number of aryl methyl sites for hydroxylation is 1. The Morgan fingerprint density at radius 1 is 1.14 bits per heavy atom. The molecule has 4 rings (SSSR count). The Balaban J connectivity index is 1.49. The Labute approximate surface area is 164 Å². The lowest BCUT2D eigenvalue weighted by Gasteiger charge is -2.15. The van der Waals surface area contributed by atoms with Crippen LogP contribution in [0.1, 0.15) is 43.2 Å². The van der Waals surface area contributed by atoms with E-state index < -0.39 is 6.10 Å². The van der Waals surface area contributed by atoms with Crippen LogP contribution in [-0.2, 0) is 13.0 Å². The van der Waals surface area contributed by atoms with Gasteiger partial charge < -0.3 is 24.6 Å². The first kappa shape index (κ1) is 18.6. The van der Waals surface area contributed by atoms with Crippen LogP contribution in [0.15, 0.2) is 36.4 Å². The number of aromatic nitrogens is 2. The van der Waals surface area contributed by atoms with E-state index in [0.29, 0.717) is 23.7 Å². The van der Waals surface area contributed by atoms with Gasteiger partial charge in [-0.3, -0.25) is 0 Å². The van der Waals surface area contributed by atoms with Crippen LogP contribution < -0.4 is 4.74 Å². The van der Waals surface area contributed by atoms with Crippen LogP contribution in [-0.4, -0.2) is 32.0 Å². The van der Waals surface area contributed by atoms with E-state index in [0.717, 1.165) is 36.2 Å². The molecule has 1 fully saturated rings. The van der Waals surface area contributed by atoms with Crippen molar-refractivity contribution in [2.75, 3.05) is 7.11 Å². The zero-order valence-corrected chi connectivity index (χ0v) is 16.0. The van der Waals surface area contributed by atoms with Crippen LogP contribution in [0, 0.1) is 5.92 Å². The molecule has 28 heavy (non-hydrogen) atoms. The van der Waals surface area contributed by atoms with Gasteiger partial charge in [0.2, 0.25) is 0 Å². The highest BCUT2D eigenvalue weighted by Crippen LogP contribution is 2.34. The van der Waals surface area contributed by atoms with Gasteiger partial charge in [0.05, 0.1) is 24.2 Å². The van der Waals surface area contributed by atoms with E-state index in [9.17, 15) is 15.3 Å². The smallest absolute Gasteiger partial charge is 0.124 e. The Morgan fingerprint density at radius 2 is 1.89 bits per heavy atom. The number of hydrogen-bond donors (Lipinski definition) is 3. The molecule has 148 valence electrons. The molecule has 1 saturated carbocycles. The first-order valence-electron chi connectivity index (χ1n) is 9.78. The number of phenolic OH excluding ortho intramolecular Hbond substituents is 2. The van der Waals surface area contributed by atoms with Gasteiger partial charge in [-0.2, -0.15) is 0 Å². The van der Waals surface area contributed by atoms with Crippen LogP contribution >= 0.6 is 0 Å². The lowest BCUT2D eigenvalue weighted by Crippen LogP contribution is -2.07. The van der Waals surface area contributed by atoms with Gasteiger partial charge in [0.25, 0.3) is 0 Å². The third-order valence-corrected chi connectivity index (χ3v) is 5.40. The number of aliphatic hydroxyl groups is 1. The van der Waals surface area contributed by atoms with Crippen LogP contribution in [0.2, 0.25) is 0 Å². The standard InChI is InChI=1S/C22H26N2O4/c1-28-21-10-8-15(25)11-17(21)20(27)3-2-4-22-23-18-9-7-16(26)12-19(18)24(22)13-14-5-6-14/h7-12,14,20,25-27H,2-6,13H2,1H3. The number of benzene rings is 2. The van der Waals surface area contributed by atoms with Gasteiger partial charge in [-0.05, 0) is 61.9 Å². The first-order chi connectivity index (χ1) is 13.5. The quantitative estimate of drug-likeness (QED) is 0.550. The summed E-state index contributed by atoms with van der Waals surface area (Å²) in [5.74, 6) is 2.62.